The zero-order valence-corrected chi connectivity index (χ0v) is 6.23. The molecule has 0 rings (SSSR count). The molecule has 52 valence electrons. The summed E-state index contributed by atoms with van der Waals surface area (Å²) in [5.41, 5.74) is -0.458. The van der Waals surface area contributed by atoms with Crippen LogP contribution in [0.25, 0.3) is 0 Å². The summed E-state index contributed by atoms with van der Waals surface area (Å²) >= 11 is 0. The van der Waals surface area contributed by atoms with Gasteiger partial charge in [-0.25, -0.2) is 0 Å². The molecular formula is C7H17KO. The van der Waals surface area contributed by atoms with Crippen molar-refractivity contribution in [1.82, 2.24) is 0 Å². The van der Waals surface area contributed by atoms with Crippen LogP contribution in [0, 0.1) is 5.92 Å². The molecule has 0 aliphatic heterocycles. The quantitative estimate of drug-likeness (QED) is 0.595. The SMILES string of the molecule is CCC(C)(O)C(C)C.[KH]. The Bertz CT molecular complexity index is 69.3. The van der Waals surface area contributed by atoms with E-state index in [-0.39, 0.29) is 51.4 Å². The van der Waals surface area contributed by atoms with E-state index >= 15 is 0 Å². The maximum absolute atomic E-state index is 9.40. The van der Waals surface area contributed by atoms with E-state index in [0.717, 1.165) is 6.42 Å². The zero-order valence-electron chi connectivity index (χ0n) is 6.23. The molecular weight excluding hydrogens is 139 g/mol. The molecule has 0 aliphatic carbocycles. The van der Waals surface area contributed by atoms with Gasteiger partial charge in [-0.05, 0) is 19.3 Å². The minimum atomic E-state index is -0.458. The Balaban J connectivity index is 0. The van der Waals surface area contributed by atoms with Crippen LogP contribution in [-0.4, -0.2) is 62.1 Å². The van der Waals surface area contributed by atoms with E-state index in [2.05, 4.69) is 0 Å². The molecule has 0 spiro atoms. The fraction of sp³-hybridized carbons (Fsp3) is 1.00. The van der Waals surface area contributed by atoms with Crippen LogP contribution in [0.15, 0.2) is 0 Å². The Morgan fingerprint density at radius 2 is 1.78 bits per heavy atom. The third kappa shape index (κ3) is 4.93. The van der Waals surface area contributed by atoms with Gasteiger partial charge in [-0.2, -0.15) is 0 Å². The summed E-state index contributed by atoms with van der Waals surface area (Å²) < 4.78 is 0. The van der Waals surface area contributed by atoms with Gasteiger partial charge in [-0.3, -0.25) is 0 Å². The molecule has 0 heterocycles. The number of aliphatic hydroxyl groups is 1. The van der Waals surface area contributed by atoms with E-state index in [0.29, 0.717) is 5.92 Å². The van der Waals surface area contributed by atoms with Gasteiger partial charge in [0.15, 0.2) is 0 Å². The molecule has 1 nitrogen and oxygen atoms in total. The molecule has 0 amide bonds. The van der Waals surface area contributed by atoms with Crippen molar-refractivity contribution < 1.29 is 5.11 Å². The van der Waals surface area contributed by atoms with E-state index < -0.39 is 5.60 Å². The summed E-state index contributed by atoms with van der Waals surface area (Å²) in [6.07, 6.45) is 0.838. The van der Waals surface area contributed by atoms with E-state index in [1.54, 1.807) is 0 Å². The molecule has 1 N–H and O–H groups in total. The van der Waals surface area contributed by atoms with Gasteiger partial charge < -0.3 is 5.11 Å². The average molecular weight is 156 g/mol. The second-order valence-electron chi connectivity index (χ2n) is 2.87. The van der Waals surface area contributed by atoms with Crippen LogP contribution in [0.2, 0.25) is 0 Å². The summed E-state index contributed by atoms with van der Waals surface area (Å²) in [4.78, 5) is 0. The van der Waals surface area contributed by atoms with Gasteiger partial charge in [-0.1, -0.05) is 20.8 Å². The van der Waals surface area contributed by atoms with Crippen molar-refractivity contribution in [2.45, 2.75) is 39.7 Å². The Kier molecular flexibility index (Phi) is 7.74. The molecule has 1 unspecified atom stereocenters. The van der Waals surface area contributed by atoms with Crippen LogP contribution in [0.4, 0.5) is 0 Å². The fourth-order valence-electron chi connectivity index (χ4n) is 0.408. The van der Waals surface area contributed by atoms with E-state index in [1.165, 1.54) is 0 Å². The summed E-state index contributed by atoms with van der Waals surface area (Å²) in [5.74, 6) is 0.368. The summed E-state index contributed by atoms with van der Waals surface area (Å²) in [7, 11) is 0. The molecule has 1 atom stereocenters. The van der Waals surface area contributed by atoms with Crippen LogP contribution < -0.4 is 0 Å². The number of hydrogen-bond acceptors (Lipinski definition) is 1. The van der Waals surface area contributed by atoms with E-state index in [9.17, 15) is 5.11 Å². The standard InChI is InChI=1S/C7H16O.K.H/c1-5-7(4,8)6(2)3;;/h6,8H,5H2,1-4H3;;. The van der Waals surface area contributed by atoms with Crippen molar-refractivity contribution in [3.8, 4) is 0 Å². The van der Waals surface area contributed by atoms with Crippen molar-refractivity contribution in [1.29, 1.82) is 0 Å². The molecule has 0 fully saturated rings. The van der Waals surface area contributed by atoms with Gasteiger partial charge in [0.25, 0.3) is 0 Å². The Labute approximate surface area is 101 Å². The maximum atomic E-state index is 9.40. The normalized spacial score (nSPS) is 16.7. The van der Waals surface area contributed by atoms with Gasteiger partial charge in [0.05, 0.1) is 5.60 Å². The van der Waals surface area contributed by atoms with Crippen LogP contribution in [0.3, 0.4) is 0 Å². The molecule has 9 heavy (non-hydrogen) atoms. The van der Waals surface area contributed by atoms with Gasteiger partial charge in [0.1, 0.15) is 0 Å². The molecule has 2 heteroatoms. The summed E-state index contributed by atoms with van der Waals surface area (Å²) in [6, 6.07) is 0. The van der Waals surface area contributed by atoms with Crippen molar-refractivity contribution >= 4 is 51.4 Å². The summed E-state index contributed by atoms with van der Waals surface area (Å²) in [5, 5.41) is 9.40. The molecule has 0 aromatic rings. The van der Waals surface area contributed by atoms with Crippen molar-refractivity contribution in [3.05, 3.63) is 0 Å². The Hall–Kier alpha value is 1.60. The van der Waals surface area contributed by atoms with Gasteiger partial charge in [0.2, 0.25) is 0 Å². The van der Waals surface area contributed by atoms with Crippen molar-refractivity contribution in [2.75, 3.05) is 0 Å². The minimum absolute atomic E-state index is 0. The third-order valence-corrected chi connectivity index (χ3v) is 1.96. The van der Waals surface area contributed by atoms with Gasteiger partial charge >= 0.3 is 51.4 Å². The fourth-order valence-corrected chi connectivity index (χ4v) is 0.408. The predicted octanol–water partition coefficient (Wildman–Crippen LogP) is 1.15. The predicted molar refractivity (Wildman–Crippen MR) is 42.9 cm³/mol. The molecule has 0 aromatic heterocycles. The van der Waals surface area contributed by atoms with E-state index in [1.807, 2.05) is 27.7 Å². The molecule has 0 aliphatic rings. The summed E-state index contributed by atoms with van der Waals surface area (Å²) in [6.45, 7) is 7.94. The first-order valence-electron chi connectivity index (χ1n) is 3.23. The second-order valence-corrected chi connectivity index (χ2v) is 2.87. The number of rotatable bonds is 2. The Morgan fingerprint density at radius 1 is 1.44 bits per heavy atom. The molecule has 0 aromatic carbocycles. The second kappa shape index (κ2) is 5.27. The van der Waals surface area contributed by atoms with Crippen LogP contribution >= 0.6 is 0 Å². The molecule has 0 saturated heterocycles. The van der Waals surface area contributed by atoms with Crippen molar-refractivity contribution in [3.63, 3.8) is 0 Å². The average Bonchev–Trinajstić information content (AvgIpc) is 1.67. The van der Waals surface area contributed by atoms with Crippen LogP contribution in [0.5, 0.6) is 0 Å². The number of hydrogen-bond donors (Lipinski definition) is 1. The zero-order chi connectivity index (χ0) is 6.78. The first-order chi connectivity index (χ1) is 3.50. The first-order valence-corrected chi connectivity index (χ1v) is 3.23. The monoisotopic (exact) mass is 156 g/mol. The third-order valence-electron chi connectivity index (χ3n) is 1.96. The van der Waals surface area contributed by atoms with Crippen LogP contribution in [-0.2, 0) is 0 Å². The van der Waals surface area contributed by atoms with Gasteiger partial charge in [-0.15, -0.1) is 0 Å². The van der Waals surface area contributed by atoms with E-state index in [4.69, 9.17) is 0 Å². The molecule has 0 saturated carbocycles. The molecule has 0 bridgehead atoms. The molecule has 0 radical (unpaired) electrons. The van der Waals surface area contributed by atoms with Crippen LogP contribution in [0.1, 0.15) is 34.1 Å². The topological polar surface area (TPSA) is 20.2 Å². The Morgan fingerprint density at radius 3 is 1.78 bits per heavy atom. The first kappa shape index (κ1) is 13.2. The van der Waals surface area contributed by atoms with Crippen molar-refractivity contribution in [2.24, 2.45) is 5.92 Å². The van der Waals surface area contributed by atoms with Gasteiger partial charge in [0, 0.05) is 0 Å².